The van der Waals surface area contributed by atoms with Crippen LogP contribution in [0.15, 0.2) is 12.2 Å². The molecule has 0 spiro atoms. The summed E-state index contributed by atoms with van der Waals surface area (Å²) in [4.78, 5) is 0. The molecule has 2 unspecified atom stereocenters. The van der Waals surface area contributed by atoms with Crippen molar-refractivity contribution < 1.29 is 0 Å². The van der Waals surface area contributed by atoms with Crippen molar-refractivity contribution >= 4 is 0 Å². The first-order valence-corrected chi connectivity index (χ1v) is 5.20. The van der Waals surface area contributed by atoms with Crippen LogP contribution in [-0.2, 0) is 0 Å². The average Bonchev–Trinajstić information content (AvgIpc) is 2.11. The normalized spacial score (nSPS) is 15.4. The quantitative estimate of drug-likeness (QED) is 0.362. The van der Waals surface area contributed by atoms with Gasteiger partial charge in [0, 0.05) is 6.04 Å². The van der Waals surface area contributed by atoms with E-state index in [0.29, 0.717) is 6.04 Å². The van der Waals surface area contributed by atoms with Crippen molar-refractivity contribution in [2.24, 2.45) is 11.8 Å². The molecular formula is C11H24N2. The Morgan fingerprint density at radius 1 is 1.54 bits per heavy atom. The first kappa shape index (κ1) is 12.7. The van der Waals surface area contributed by atoms with Crippen molar-refractivity contribution in [1.82, 2.24) is 5.43 Å². The SMILES string of the molecule is C=C(C)CCC(CC(C)CC)NN. The molecule has 0 fully saturated rings. The van der Waals surface area contributed by atoms with Gasteiger partial charge in [-0.15, -0.1) is 6.58 Å². The van der Waals surface area contributed by atoms with E-state index in [4.69, 9.17) is 5.84 Å². The van der Waals surface area contributed by atoms with Gasteiger partial charge in [0.05, 0.1) is 0 Å². The van der Waals surface area contributed by atoms with Crippen LogP contribution in [0.4, 0.5) is 0 Å². The minimum atomic E-state index is 0.451. The minimum Gasteiger partial charge on any atom is -0.271 e. The topological polar surface area (TPSA) is 38.0 Å². The molecule has 0 aromatic carbocycles. The van der Waals surface area contributed by atoms with Crippen LogP contribution in [0, 0.1) is 5.92 Å². The number of hydrazine groups is 1. The van der Waals surface area contributed by atoms with E-state index in [0.717, 1.165) is 18.8 Å². The highest BCUT2D eigenvalue weighted by molar-refractivity contribution is 4.89. The van der Waals surface area contributed by atoms with Gasteiger partial charge in [0.1, 0.15) is 0 Å². The Morgan fingerprint density at radius 2 is 2.15 bits per heavy atom. The van der Waals surface area contributed by atoms with Gasteiger partial charge in [-0.05, 0) is 32.1 Å². The molecule has 0 saturated carbocycles. The van der Waals surface area contributed by atoms with Crippen LogP contribution < -0.4 is 11.3 Å². The summed E-state index contributed by atoms with van der Waals surface area (Å²) < 4.78 is 0. The molecule has 2 nitrogen and oxygen atoms in total. The number of rotatable bonds is 7. The first-order valence-electron chi connectivity index (χ1n) is 5.20. The molecule has 78 valence electrons. The van der Waals surface area contributed by atoms with Gasteiger partial charge in [-0.25, -0.2) is 0 Å². The molecule has 2 atom stereocenters. The summed E-state index contributed by atoms with van der Waals surface area (Å²) in [6.45, 7) is 10.4. The summed E-state index contributed by atoms with van der Waals surface area (Å²) in [5.74, 6) is 6.24. The third-order valence-corrected chi connectivity index (χ3v) is 2.54. The summed E-state index contributed by atoms with van der Waals surface area (Å²) >= 11 is 0. The fourth-order valence-electron chi connectivity index (χ4n) is 1.34. The number of nitrogens with two attached hydrogens (primary N) is 1. The van der Waals surface area contributed by atoms with Gasteiger partial charge < -0.3 is 0 Å². The van der Waals surface area contributed by atoms with E-state index >= 15 is 0 Å². The van der Waals surface area contributed by atoms with Crippen molar-refractivity contribution in [3.63, 3.8) is 0 Å². The lowest BCUT2D eigenvalue weighted by Crippen LogP contribution is -2.36. The lowest BCUT2D eigenvalue weighted by Gasteiger charge is -2.19. The van der Waals surface area contributed by atoms with E-state index in [2.05, 4.69) is 32.8 Å². The molecule has 0 heterocycles. The lowest BCUT2D eigenvalue weighted by molar-refractivity contribution is 0.381. The molecule has 0 aliphatic rings. The predicted molar refractivity (Wildman–Crippen MR) is 59.2 cm³/mol. The highest BCUT2D eigenvalue weighted by Gasteiger charge is 2.09. The van der Waals surface area contributed by atoms with E-state index < -0.39 is 0 Å². The zero-order valence-electron chi connectivity index (χ0n) is 9.27. The van der Waals surface area contributed by atoms with Crippen LogP contribution in [0.1, 0.15) is 46.5 Å². The highest BCUT2D eigenvalue weighted by Crippen LogP contribution is 2.14. The Balaban J connectivity index is 3.68. The fraction of sp³-hybridized carbons (Fsp3) is 0.818. The monoisotopic (exact) mass is 184 g/mol. The van der Waals surface area contributed by atoms with Crippen LogP contribution in [0.5, 0.6) is 0 Å². The van der Waals surface area contributed by atoms with E-state index in [9.17, 15) is 0 Å². The van der Waals surface area contributed by atoms with E-state index in [1.807, 2.05) is 0 Å². The van der Waals surface area contributed by atoms with Gasteiger partial charge in [-0.1, -0.05) is 25.8 Å². The summed E-state index contributed by atoms with van der Waals surface area (Å²) in [5, 5.41) is 0. The van der Waals surface area contributed by atoms with Crippen LogP contribution in [-0.4, -0.2) is 6.04 Å². The fourth-order valence-corrected chi connectivity index (χ4v) is 1.34. The standard InChI is InChI=1S/C11H24N2/c1-5-10(4)8-11(13-12)7-6-9(2)3/h10-11,13H,2,5-8,12H2,1,3-4H3. The van der Waals surface area contributed by atoms with Gasteiger partial charge in [0.2, 0.25) is 0 Å². The smallest absolute Gasteiger partial charge is 0.0216 e. The Morgan fingerprint density at radius 3 is 2.54 bits per heavy atom. The average molecular weight is 184 g/mol. The van der Waals surface area contributed by atoms with Gasteiger partial charge in [0.15, 0.2) is 0 Å². The first-order chi connectivity index (χ1) is 6.10. The Hall–Kier alpha value is -0.340. The van der Waals surface area contributed by atoms with E-state index in [1.165, 1.54) is 18.4 Å². The van der Waals surface area contributed by atoms with Gasteiger partial charge in [-0.3, -0.25) is 11.3 Å². The molecule has 0 saturated heterocycles. The molecule has 2 heteroatoms. The number of hydrogen-bond donors (Lipinski definition) is 2. The maximum atomic E-state index is 5.48. The molecule has 0 radical (unpaired) electrons. The number of nitrogens with one attached hydrogen (secondary N) is 1. The lowest BCUT2D eigenvalue weighted by atomic mass is 9.96. The van der Waals surface area contributed by atoms with Crippen molar-refractivity contribution in [2.75, 3.05) is 0 Å². The van der Waals surface area contributed by atoms with Crippen LogP contribution in [0.3, 0.4) is 0 Å². The highest BCUT2D eigenvalue weighted by atomic mass is 15.2. The predicted octanol–water partition coefficient (Wildman–Crippen LogP) is 2.61. The summed E-state index contributed by atoms with van der Waals surface area (Å²) in [6, 6.07) is 0.451. The zero-order valence-corrected chi connectivity index (χ0v) is 9.27. The molecule has 0 amide bonds. The Labute approximate surface area is 82.6 Å². The third-order valence-electron chi connectivity index (χ3n) is 2.54. The molecule has 0 aliphatic heterocycles. The Bertz CT molecular complexity index is 143. The largest absolute Gasteiger partial charge is 0.271 e. The van der Waals surface area contributed by atoms with Crippen molar-refractivity contribution in [2.45, 2.75) is 52.5 Å². The van der Waals surface area contributed by atoms with E-state index in [1.54, 1.807) is 0 Å². The number of allylic oxidation sites excluding steroid dienone is 1. The summed E-state index contributed by atoms with van der Waals surface area (Å²) in [7, 11) is 0. The molecule has 3 N–H and O–H groups in total. The van der Waals surface area contributed by atoms with E-state index in [-0.39, 0.29) is 0 Å². The zero-order chi connectivity index (χ0) is 10.3. The minimum absolute atomic E-state index is 0.451. The van der Waals surface area contributed by atoms with Gasteiger partial charge in [0.25, 0.3) is 0 Å². The molecular weight excluding hydrogens is 160 g/mol. The maximum Gasteiger partial charge on any atom is 0.0216 e. The molecule has 0 aliphatic carbocycles. The molecule has 0 bridgehead atoms. The third kappa shape index (κ3) is 6.79. The molecule has 13 heavy (non-hydrogen) atoms. The van der Waals surface area contributed by atoms with Crippen LogP contribution >= 0.6 is 0 Å². The second-order valence-corrected chi connectivity index (χ2v) is 4.11. The second kappa shape index (κ2) is 7.10. The van der Waals surface area contributed by atoms with Crippen LogP contribution in [0.2, 0.25) is 0 Å². The number of hydrogen-bond acceptors (Lipinski definition) is 2. The van der Waals surface area contributed by atoms with Crippen molar-refractivity contribution in [3.05, 3.63) is 12.2 Å². The maximum absolute atomic E-state index is 5.48. The van der Waals surface area contributed by atoms with Crippen LogP contribution in [0.25, 0.3) is 0 Å². The molecule has 0 aromatic rings. The Kier molecular flexibility index (Phi) is 6.92. The van der Waals surface area contributed by atoms with Crippen molar-refractivity contribution in [3.8, 4) is 0 Å². The van der Waals surface area contributed by atoms with Gasteiger partial charge >= 0.3 is 0 Å². The summed E-state index contributed by atoms with van der Waals surface area (Å²) in [5.41, 5.74) is 4.12. The van der Waals surface area contributed by atoms with Crippen molar-refractivity contribution in [1.29, 1.82) is 0 Å². The molecule has 0 aromatic heterocycles. The second-order valence-electron chi connectivity index (χ2n) is 4.11. The molecule has 0 rings (SSSR count). The van der Waals surface area contributed by atoms with Gasteiger partial charge in [-0.2, -0.15) is 0 Å². The summed E-state index contributed by atoms with van der Waals surface area (Å²) in [6.07, 6.45) is 4.58.